The molecule has 2 aromatic rings. The second kappa shape index (κ2) is 4.82. The molecule has 1 aromatic carbocycles. The van der Waals surface area contributed by atoms with Gasteiger partial charge in [0, 0.05) is 35.0 Å². The number of nitrogens with zero attached hydrogens (tertiary/aromatic N) is 1. The van der Waals surface area contributed by atoms with E-state index in [-0.39, 0.29) is 17.9 Å². The van der Waals surface area contributed by atoms with Crippen LogP contribution in [0.25, 0.3) is 10.9 Å². The standard InChI is InChI=1S/C15H15ClN2O/c1-2-13-11(8-14(19)18-13)9-5-6-12(16)10-4-3-7-17-15(9)10/h3-7,11,13H,2,8H2,1H3,(H,18,19). The monoisotopic (exact) mass is 274 g/mol. The number of pyridine rings is 1. The van der Waals surface area contributed by atoms with Crippen molar-refractivity contribution in [3.63, 3.8) is 0 Å². The minimum Gasteiger partial charge on any atom is -0.353 e. The van der Waals surface area contributed by atoms with Gasteiger partial charge in [-0.2, -0.15) is 0 Å². The Labute approximate surface area is 117 Å². The number of amides is 1. The van der Waals surface area contributed by atoms with Gasteiger partial charge in [0.05, 0.1) is 5.52 Å². The maximum Gasteiger partial charge on any atom is 0.220 e. The van der Waals surface area contributed by atoms with Gasteiger partial charge in [-0.05, 0) is 30.2 Å². The first-order chi connectivity index (χ1) is 9.20. The molecule has 1 fully saturated rings. The van der Waals surface area contributed by atoms with Crippen molar-refractivity contribution in [2.45, 2.75) is 31.7 Å². The van der Waals surface area contributed by atoms with Gasteiger partial charge in [0.1, 0.15) is 0 Å². The van der Waals surface area contributed by atoms with Gasteiger partial charge in [-0.15, -0.1) is 0 Å². The number of hydrogen-bond donors (Lipinski definition) is 1. The molecule has 2 heterocycles. The van der Waals surface area contributed by atoms with Crippen LogP contribution in [0, 0.1) is 0 Å². The summed E-state index contributed by atoms with van der Waals surface area (Å²) in [5, 5.41) is 4.69. The molecule has 1 aromatic heterocycles. The lowest BCUT2D eigenvalue weighted by Gasteiger charge is -2.19. The van der Waals surface area contributed by atoms with Crippen LogP contribution < -0.4 is 5.32 Å². The topological polar surface area (TPSA) is 42.0 Å². The van der Waals surface area contributed by atoms with E-state index in [1.54, 1.807) is 6.20 Å². The summed E-state index contributed by atoms with van der Waals surface area (Å²) in [6.45, 7) is 2.09. The summed E-state index contributed by atoms with van der Waals surface area (Å²) in [5.41, 5.74) is 2.03. The van der Waals surface area contributed by atoms with E-state index in [0.29, 0.717) is 11.4 Å². The average molecular weight is 275 g/mol. The molecule has 1 aliphatic rings. The van der Waals surface area contributed by atoms with Gasteiger partial charge in [-0.25, -0.2) is 0 Å². The SMILES string of the molecule is CCC1NC(=O)CC1c1ccc(Cl)c2cccnc12. The molecule has 1 N–H and O–H groups in total. The second-order valence-electron chi connectivity index (χ2n) is 4.93. The van der Waals surface area contributed by atoms with Crippen molar-refractivity contribution in [3.8, 4) is 0 Å². The lowest BCUT2D eigenvalue weighted by Crippen LogP contribution is -2.27. The first-order valence-electron chi connectivity index (χ1n) is 6.53. The quantitative estimate of drug-likeness (QED) is 0.913. The summed E-state index contributed by atoms with van der Waals surface area (Å²) < 4.78 is 0. The molecule has 0 saturated carbocycles. The van der Waals surface area contributed by atoms with Gasteiger partial charge >= 0.3 is 0 Å². The third kappa shape index (κ3) is 2.08. The van der Waals surface area contributed by atoms with Crippen LogP contribution in [-0.4, -0.2) is 16.9 Å². The van der Waals surface area contributed by atoms with Crippen LogP contribution >= 0.6 is 11.6 Å². The maximum absolute atomic E-state index is 11.6. The molecule has 19 heavy (non-hydrogen) atoms. The molecule has 4 heteroatoms. The number of carbonyl (C=O) groups is 1. The highest BCUT2D eigenvalue weighted by Crippen LogP contribution is 2.35. The number of rotatable bonds is 2. The normalized spacial score (nSPS) is 22.7. The molecule has 1 amide bonds. The van der Waals surface area contributed by atoms with Gasteiger partial charge in [-0.1, -0.05) is 24.6 Å². The molecule has 3 rings (SSSR count). The van der Waals surface area contributed by atoms with Crippen LogP contribution in [0.2, 0.25) is 5.02 Å². The van der Waals surface area contributed by atoms with Crippen LogP contribution in [-0.2, 0) is 4.79 Å². The smallest absolute Gasteiger partial charge is 0.220 e. The minimum atomic E-state index is 0.121. The summed E-state index contributed by atoms with van der Waals surface area (Å²) in [7, 11) is 0. The Morgan fingerprint density at radius 3 is 3.05 bits per heavy atom. The number of benzene rings is 1. The Kier molecular flexibility index (Phi) is 3.15. The molecule has 0 aliphatic carbocycles. The van der Waals surface area contributed by atoms with Gasteiger partial charge < -0.3 is 5.32 Å². The van der Waals surface area contributed by atoms with Crippen molar-refractivity contribution in [3.05, 3.63) is 41.0 Å². The van der Waals surface area contributed by atoms with Gasteiger partial charge in [0.2, 0.25) is 5.91 Å². The lowest BCUT2D eigenvalue weighted by molar-refractivity contribution is -0.119. The largest absolute Gasteiger partial charge is 0.353 e. The number of aromatic nitrogens is 1. The maximum atomic E-state index is 11.6. The first-order valence-corrected chi connectivity index (χ1v) is 6.91. The molecule has 1 aliphatic heterocycles. The first kappa shape index (κ1) is 12.4. The van der Waals surface area contributed by atoms with Crippen LogP contribution in [0.5, 0.6) is 0 Å². The van der Waals surface area contributed by atoms with Crippen molar-refractivity contribution in [2.24, 2.45) is 0 Å². The Balaban J connectivity index is 2.15. The lowest BCUT2D eigenvalue weighted by atomic mass is 9.89. The number of carbonyl (C=O) groups excluding carboxylic acids is 1. The highest BCUT2D eigenvalue weighted by molar-refractivity contribution is 6.35. The zero-order valence-electron chi connectivity index (χ0n) is 10.7. The van der Waals surface area contributed by atoms with Gasteiger partial charge in [0.15, 0.2) is 0 Å². The number of halogens is 1. The summed E-state index contributed by atoms with van der Waals surface area (Å²) in [5.74, 6) is 0.308. The van der Waals surface area contributed by atoms with E-state index in [9.17, 15) is 4.79 Å². The fourth-order valence-corrected chi connectivity index (χ4v) is 3.10. The Morgan fingerprint density at radius 2 is 2.26 bits per heavy atom. The molecule has 1 saturated heterocycles. The summed E-state index contributed by atoms with van der Waals surface area (Å²) >= 11 is 6.21. The van der Waals surface area contributed by atoms with Crippen molar-refractivity contribution in [1.29, 1.82) is 0 Å². The molecular weight excluding hydrogens is 260 g/mol. The third-order valence-electron chi connectivity index (χ3n) is 3.82. The summed E-state index contributed by atoms with van der Waals surface area (Å²) in [4.78, 5) is 16.1. The zero-order valence-corrected chi connectivity index (χ0v) is 11.4. The van der Waals surface area contributed by atoms with Crippen LogP contribution in [0.15, 0.2) is 30.5 Å². The molecule has 3 nitrogen and oxygen atoms in total. The van der Waals surface area contributed by atoms with Gasteiger partial charge in [0.25, 0.3) is 0 Å². The average Bonchev–Trinajstić information content (AvgIpc) is 2.80. The van der Waals surface area contributed by atoms with Crippen molar-refractivity contribution < 1.29 is 4.79 Å². The van der Waals surface area contributed by atoms with E-state index in [0.717, 1.165) is 22.9 Å². The van der Waals surface area contributed by atoms with Gasteiger partial charge in [-0.3, -0.25) is 9.78 Å². The number of hydrogen-bond acceptors (Lipinski definition) is 2. The molecule has 2 atom stereocenters. The fraction of sp³-hybridized carbons (Fsp3) is 0.333. The Bertz CT molecular complexity index is 641. The predicted molar refractivity (Wildman–Crippen MR) is 76.3 cm³/mol. The predicted octanol–water partition coefficient (Wildman–Crippen LogP) is 3.27. The number of fused-ring (bicyclic) bond motifs is 1. The molecule has 98 valence electrons. The van der Waals surface area contributed by atoms with E-state index < -0.39 is 0 Å². The highest BCUT2D eigenvalue weighted by atomic mass is 35.5. The van der Waals surface area contributed by atoms with Crippen LogP contribution in [0.1, 0.15) is 31.2 Å². The molecular formula is C15H15ClN2O. The van der Waals surface area contributed by atoms with E-state index in [1.807, 2.05) is 24.3 Å². The van der Waals surface area contributed by atoms with Crippen molar-refractivity contribution in [1.82, 2.24) is 10.3 Å². The summed E-state index contributed by atoms with van der Waals surface area (Å²) in [6.07, 6.45) is 3.23. The molecule has 0 spiro atoms. The highest BCUT2D eigenvalue weighted by Gasteiger charge is 2.33. The molecule has 2 unspecified atom stereocenters. The van der Waals surface area contributed by atoms with E-state index in [2.05, 4.69) is 17.2 Å². The van der Waals surface area contributed by atoms with Crippen LogP contribution in [0.3, 0.4) is 0 Å². The minimum absolute atomic E-state index is 0.121. The Morgan fingerprint density at radius 1 is 1.42 bits per heavy atom. The van der Waals surface area contributed by atoms with Crippen LogP contribution in [0.4, 0.5) is 0 Å². The third-order valence-corrected chi connectivity index (χ3v) is 4.15. The van der Waals surface area contributed by atoms with E-state index in [1.165, 1.54) is 0 Å². The second-order valence-corrected chi connectivity index (χ2v) is 5.34. The fourth-order valence-electron chi connectivity index (χ4n) is 2.88. The summed E-state index contributed by atoms with van der Waals surface area (Å²) in [6, 6.07) is 7.95. The van der Waals surface area contributed by atoms with E-state index >= 15 is 0 Å². The zero-order chi connectivity index (χ0) is 13.4. The molecule has 0 bridgehead atoms. The molecule has 0 radical (unpaired) electrons. The van der Waals surface area contributed by atoms with Crippen molar-refractivity contribution in [2.75, 3.05) is 0 Å². The number of nitrogens with one attached hydrogen (secondary N) is 1. The van der Waals surface area contributed by atoms with Crippen molar-refractivity contribution >= 4 is 28.4 Å². The van der Waals surface area contributed by atoms with E-state index in [4.69, 9.17) is 11.6 Å². The Hall–Kier alpha value is -1.61.